The van der Waals surface area contributed by atoms with Crippen molar-refractivity contribution < 1.29 is 4.39 Å². The molecule has 1 atom stereocenters. The first-order valence-electron chi connectivity index (χ1n) is 6.44. The SMILES string of the molecule is CNC(Cc1cccc(Cl)c1)Cc1ccc(Cl)c(F)c1. The zero-order valence-corrected chi connectivity index (χ0v) is 12.7. The zero-order chi connectivity index (χ0) is 14.5. The molecule has 2 rings (SSSR count). The molecule has 0 fully saturated rings. The fourth-order valence-corrected chi connectivity index (χ4v) is 2.51. The first-order valence-corrected chi connectivity index (χ1v) is 7.19. The van der Waals surface area contributed by atoms with Gasteiger partial charge < -0.3 is 5.32 Å². The average molecular weight is 312 g/mol. The molecule has 2 aromatic carbocycles. The van der Waals surface area contributed by atoms with Gasteiger partial charge in [-0.1, -0.05) is 41.4 Å². The third-order valence-corrected chi connectivity index (χ3v) is 3.79. The molecule has 0 aliphatic carbocycles. The van der Waals surface area contributed by atoms with E-state index >= 15 is 0 Å². The monoisotopic (exact) mass is 311 g/mol. The van der Waals surface area contributed by atoms with Gasteiger partial charge in [0.25, 0.3) is 0 Å². The van der Waals surface area contributed by atoms with Crippen molar-refractivity contribution in [1.82, 2.24) is 5.32 Å². The fraction of sp³-hybridized carbons (Fsp3) is 0.250. The maximum Gasteiger partial charge on any atom is 0.142 e. The van der Waals surface area contributed by atoms with Crippen LogP contribution in [-0.2, 0) is 12.8 Å². The maximum absolute atomic E-state index is 13.4. The highest BCUT2D eigenvalue weighted by molar-refractivity contribution is 6.30. The molecule has 0 radical (unpaired) electrons. The minimum atomic E-state index is -0.373. The smallest absolute Gasteiger partial charge is 0.142 e. The van der Waals surface area contributed by atoms with Crippen molar-refractivity contribution in [2.24, 2.45) is 0 Å². The molecule has 1 nitrogen and oxygen atoms in total. The van der Waals surface area contributed by atoms with Crippen LogP contribution < -0.4 is 5.32 Å². The van der Waals surface area contributed by atoms with Crippen LogP contribution in [0.3, 0.4) is 0 Å². The number of benzene rings is 2. The molecule has 1 N–H and O–H groups in total. The van der Waals surface area contributed by atoms with Crippen LogP contribution in [0, 0.1) is 5.82 Å². The third kappa shape index (κ3) is 4.20. The van der Waals surface area contributed by atoms with Gasteiger partial charge in [0.05, 0.1) is 5.02 Å². The van der Waals surface area contributed by atoms with Gasteiger partial charge in [-0.25, -0.2) is 4.39 Å². The Morgan fingerprint density at radius 3 is 2.35 bits per heavy atom. The second-order valence-electron chi connectivity index (χ2n) is 4.77. The van der Waals surface area contributed by atoms with Crippen LogP contribution in [0.2, 0.25) is 10.0 Å². The van der Waals surface area contributed by atoms with Gasteiger partial charge in [0.1, 0.15) is 5.82 Å². The van der Waals surface area contributed by atoms with Gasteiger partial charge in [-0.3, -0.25) is 0 Å². The molecule has 2 aromatic rings. The van der Waals surface area contributed by atoms with Crippen molar-refractivity contribution in [3.8, 4) is 0 Å². The van der Waals surface area contributed by atoms with E-state index in [9.17, 15) is 4.39 Å². The molecule has 0 aliphatic heterocycles. The Labute approximate surface area is 128 Å². The lowest BCUT2D eigenvalue weighted by molar-refractivity contribution is 0.553. The van der Waals surface area contributed by atoms with Gasteiger partial charge >= 0.3 is 0 Å². The number of hydrogen-bond acceptors (Lipinski definition) is 1. The predicted octanol–water partition coefficient (Wildman–Crippen LogP) is 4.51. The van der Waals surface area contributed by atoms with E-state index in [-0.39, 0.29) is 16.9 Å². The summed E-state index contributed by atoms with van der Waals surface area (Å²) >= 11 is 11.7. The number of halogens is 3. The van der Waals surface area contributed by atoms with Crippen LogP contribution in [-0.4, -0.2) is 13.1 Å². The highest BCUT2D eigenvalue weighted by Gasteiger charge is 2.10. The lowest BCUT2D eigenvalue weighted by Gasteiger charge is -2.16. The summed E-state index contributed by atoms with van der Waals surface area (Å²) in [7, 11) is 1.90. The minimum absolute atomic E-state index is 0.157. The summed E-state index contributed by atoms with van der Waals surface area (Å²) in [5.74, 6) is -0.373. The summed E-state index contributed by atoms with van der Waals surface area (Å²) in [6, 6.07) is 12.9. The first kappa shape index (κ1) is 15.3. The first-order chi connectivity index (χ1) is 9.58. The summed E-state index contributed by atoms with van der Waals surface area (Å²) < 4.78 is 13.4. The fourth-order valence-electron chi connectivity index (χ4n) is 2.18. The standard InChI is InChI=1S/C16H16Cl2FN/c1-20-14(8-11-3-2-4-13(17)7-11)9-12-5-6-15(18)16(19)10-12/h2-7,10,14,20H,8-9H2,1H3. The number of hydrogen-bond donors (Lipinski definition) is 1. The summed E-state index contributed by atoms with van der Waals surface area (Å²) in [4.78, 5) is 0. The van der Waals surface area contributed by atoms with Gasteiger partial charge in [0.15, 0.2) is 0 Å². The molecule has 0 bridgehead atoms. The van der Waals surface area contributed by atoms with Crippen LogP contribution in [0.5, 0.6) is 0 Å². The quantitative estimate of drug-likeness (QED) is 0.857. The van der Waals surface area contributed by atoms with Crippen LogP contribution >= 0.6 is 23.2 Å². The molecule has 0 saturated heterocycles. The molecule has 0 amide bonds. The molecule has 0 spiro atoms. The van der Waals surface area contributed by atoms with Crippen LogP contribution in [0.25, 0.3) is 0 Å². The Balaban J connectivity index is 2.07. The summed E-state index contributed by atoms with van der Waals surface area (Å²) in [5.41, 5.74) is 2.08. The van der Waals surface area contributed by atoms with E-state index in [0.29, 0.717) is 0 Å². The zero-order valence-electron chi connectivity index (χ0n) is 11.2. The lowest BCUT2D eigenvalue weighted by atomic mass is 9.99. The van der Waals surface area contributed by atoms with E-state index in [1.165, 1.54) is 6.07 Å². The minimum Gasteiger partial charge on any atom is -0.316 e. The molecular weight excluding hydrogens is 296 g/mol. The van der Waals surface area contributed by atoms with E-state index in [2.05, 4.69) is 5.32 Å². The Kier molecular flexibility index (Phi) is 5.41. The van der Waals surface area contributed by atoms with E-state index in [4.69, 9.17) is 23.2 Å². The Morgan fingerprint density at radius 2 is 1.75 bits per heavy atom. The van der Waals surface area contributed by atoms with Gasteiger partial charge in [0, 0.05) is 11.1 Å². The number of rotatable bonds is 5. The van der Waals surface area contributed by atoms with Crippen LogP contribution in [0.1, 0.15) is 11.1 Å². The maximum atomic E-state index is 13.4. The second-order valence-corrected chi connectivity index (χ2v) is 5.62. The van der Waals surface area contributed by atoms with Gasteiger partial charge in [-0.05, 0) is 55.3 Å². The Morgan fingerprint density at radius 1 is 1.05 bits per heavy atom. The predicted molar refractivity (Wildman–Crippen MR) is 83.1 cm³/mol. The van der Waals surface area contributed by atoms with Crippen molar-refractivity contribution in [1.29, 1.82) is 0 Å². The van der Waals surface area contributed by atoms with Crippen LogP contribution in [0.4, 0.5) is 4.39 Å². The molecule has 1 unspecified atom stereocenters. The second kappa shape index (κ2) is 7.07. The lowest BCUT2D eigenvalue weighted by Crippen LogP contribution is -2.29. The Bertz CT molecular complexity index is 586. The molecule has 0 aliphatic rings. The highest BCUT2D eigenvalue weighted by Crippen LogP contribution is 2.18. The highest BCUT2D eigenvalue weighted by atomic mass is 35.5. The largest absolute Gasteiger partial charge is 0.316 e. The van der Waals surface area contributed by atoms with Crippen molar-refractivity contribution in [3.63, 3.8) is 0 Å². The van der Waals surface area contributed by atoms with E-state index < -0.39 is 0 Å². The molecule has 0 aromatic heterocycles. The molecule has 106 valence electrons. The van der Waals surface area contributed by atoms with E-state index in [1.54, 1.807) is 6.07 Å². The van der Waals surface area contributed by atoms with E-state index in [1.807, 2.05) is 37.4 Å². The molecule has 20 heavy (non-hydrogen) atoms. The Hall–Kier alpha value is -1.09. The topological polar surface area (TPSA) is 12.0 Å². The van der Waals surface area contributed by atoms with Crippen molar-refractivity contribution in [2.75, 3.05) is 7.05 Å². The van der Waals surface area contributed by atoms with Crippen molar-refractivity contribution in [2.45, 2.75) is 18.9 Å². The van der Waals surface area contributed by atoms with E-state index in [0.717, 1.165) is 29.0 Å². The van der Waals surface area contributed by atoms with Gasteiger partial charge in [0.2, 0.25) is 0 Å². The van der Waals surface area contributed by atoms with Crippen molar-refractivity contribution >= 4 is 23.2 Å². The molecule has 0 heterocycles. The average Bonchev–Trinajstić information content (AvgIpc) is 2.42. The summed E-state index contributed by atoms with van der Waals surface area (Å²) in [5, 5.41) is 4.14. The van der Waals surface area contributed by atoms with Gasteiger partial charge in [-0.2, -0.15) is 0 Å². The number of likely N-dealkylation sites (N-methyl/N-ethyl adjacent to an activating group) is 1. The molecule has 4 heteroatoms. The normalized spacial score (nSPS) is 12.4. The summed E-state index contributed by atoms with van der Waals surface area (Å²) in [6.45, 7) is 0. The van der Waals surface area contributed by atoms with Crippen LogP contribution in [0.15, 0.2) is 42.5 Å². The third-order valence-electron chi connectivity index (χ3n) is 3.25. The number of nitrogens with one attached hydrogen (secondary N) is 1. The van der Waals surface area contributed by atoms with Gasteiger partial charge in [-0.15, -0.1) is 0 Å². The molecular formula is C16H16Cl2FN. The summed E-state index contributed by atoms with van der Waals surface area (Å²) in [6.07, 6.45) is 1.57. The van der Waals surface area contributed by atoms with Crippen molar-refractivity contribution in [3.05, 3.63) is 69.5 Å². The molecule has 0 saturated carbocycles.